The number of ether oxygens (including phenoxy) is 2. The first kappa shape index (κ1) is 17.4. The number of amides is 2. The van der Waals surface area contributed by atoms with Crippen molar-refractivity contribution < 1.29 is 14.3 Å². The fraction of sp³-hybridized carbons (Fsp3) is 0.300. The molecule has 1 aromatic heterocycles. The van der Waals surface area contributed by atoms with Crippen LogP contribution in [0, 0.1) is 6.92 Å². The Hall–Kier alpha value is -3.06. The van der Waals surface area contributed by atoms with E-state index in [1.54, 1.807) is 31.4 Å². The fourth-order valence-corrected chi connectivity index (χ4v) is 3.34. The summed E-state index contributed by atoms with van der Waals surface area (Å²) in [5, 5.41) is 5.75. The van der Waals surface area contributed by atoms with E-state index in [4.69, 9.17) is 9.47 Å². The summed E-state index contributed by atoms with van der Waals surface area (Å²) >= 11 is 0. The molecule has 140 valence electrons. The second-order valence-corrected chi connectivity index (χ2v) is 6.62. The molecule has 0 spiro atoms. The molecule has 1 aliphatic rings. The predicted molar refractivity (Wildman–Crippen MR) is 103 cm³/mol. The van der Waals surface area contributed by atoms with E-state index in [9.17, 15) is 4.79 Å². The van der Waals surface area contributed by atoms with Crippen LogP contribution < -0.4 is 15.4 Å². The number of fused-ring (bicyclic) bond motifs is 3. The zero-order valence-corrected chi connectivity index (χ0v) is 15.4. The van der Waals surface area contributed by atoms with Crippen LogP contribution in [-0.4, -0.2) is 35.8 Å². The number of carbonyl (C=O) groups excluding carboxylic acids is 1. The summed E-state index contributed by atoms with van der Waals surface area (Å²) in [5.74, 6) is 1.64. The highest BCUT2D eigenvalue weighted by Crippen LogP contribution is 2.26. The molecule has 2 N–H and O–H groups in total. The van der Waals surface area contributed by atoms with E-state index in [0.29, 0.717) is 25.4 Å². The van der Waals surface area contributed by atoms with Crippen LogP contribution in [0.25, 0.3) is 11.0 Å². The Morgan fingerprint density at radius 1 is 1.30 bits per heavy atom. The van der Waals surface area contributed by atoms with Crippen molar-refractivity contribution in [2.75, 3.05) is 25.6 Å². The number of methoxy groups -OCH3 is 1. The van der Waals surface area contributed by atoms with Crippen molar-refractivity contribution in [1.29, 1.82) is 0 Å². The van der Waals surface area contributed by atoms with Gasteiger partial charge in [0.25, 0.3) is 0 Å². The molecule has 4 rings (SSSR count). The molecule has 0 aliphatic carbocycles. The van der Waals surface area contributed by atoms with E-state index in [0.717, 1.165) is 22.6 Å². The van der Waals surface area contributed by atoms with Crippen molar-refractivity contribution >= 4 is 22.8 Å². The van der Waals surface area contributed by atoms with Gasteiger partial charge in [0, 0.05) is 12.2 Å². The number of nitrogens with zero attached hydrogens (tertiary/aromatic N) is 2. The number of hydrogen-bond acceptors (Lipinski definition) is 4. The van der Waals surface area contributed by atoms with Crippen molar-refractivity contribution in [2.45, 2.75) is 19.6 Å². The SMILES string of the molecule is COc1ccc(NC(=O)NC[C@H]2COCc3nc4cc(C)ccc4n32)cc1. The minimum atomic E-state index is -0.257. The lowest BCUT2D eigenvalue weighted by molar-refractivity contribution is 0.0573. The maximum atomic E-state index is 12.2. The highest BCUT2D eigenvalue weighted by Gasteiger charge is 2.24. The minimum absolute atomic E-state index is 0.00285. The highest BCUT2D eigenvalue weighted by atomic mass is 16.5. The van der Waals surface area contributed by atoms with Gasteiger partial charge in [-0.3, -0.25) is 0 Å². The molecule has 2 aromatic carbocycles. The Bertz CT molecular complexity index is 965. The van der Waals surface area contributed by atoms with Crippen LogP contribution in [0.5, 0.6) is 5.75 Å². The number of benzene rings is 2. The lowest BCUT2D eigenvalue weighted by Crippen LogP contribution is -2.37. The van der Waals surface area contributed by atoms with Crippen molar-refractivity contribution in [3.63, 3.8) is 0 Å². The Balaban J connectivity index is 1.44. The third-order valence-electron chi connectivity index (χ3n) is 4.67. The molecular formula is C20H22N4O3. The van der Waals surface area contributed by atoms with Crippen LogP contribution in [-0.2, 0) is 11.3 Å². The van der Waals surface area contributed by atoms with E-state index in [1.807, 2.05) is 0 Å². The second kappa shape index (κ2) is 7.28. The molecule has 1 aliphatic heterocycles. The smallest absolute Gasteiger partial charge is 0.319 e. The topological polar surface area (TPSA) is 77.4 Å². The van der Waals surface area contributed by atoms with Crippen molar-refractivity contribution in [1.82, 2.24) is 14.9 Å². The van der Waals surface area contributed by atoms with Gasteiger partial charge in [0.1, 0.15) is 18.2 Å². The third kappa shape index (κ3) is 3.59. The molecule has 1 atom stereocenters. The van der Waals surface area contributed by atoms with Crippen LogP contribution in [0.2, 0.25) is 0 Å². The van der Waals surface area contributed by atoms with Gasteiger partial charge in [0.2, 0.25) is 0 Å². The number of aromatic nitrogens is 2. The van der Waals surface area contributed by atoms with Crippen molar-refractivity contribution in [3.8, 4) is 5.75 Å². The number of aryl methyl sites for hydroxylation is 1. The number of rotatable bonds is 4. The van der Waals surface area contributed by atoms with Gasteiger partial charge in [0.15, 0.2) is 0 Å². The first-order valence-corrected chi connectivity index (χ1v) is 8.88. The molecule has 0 fully saturated rings. The zero-order valence-electron chi connectivity index (χ0n) is 15.4. The summed E-state index contributed by atoms with van der Waals surface area (Å²) in [4.78, 5) is 16.9. The van der Waals surface area contributed by atoms with Crippen LogP contribution in [0.4, 0.5) is 10.5 Å². The molecule has 3 aromatic rings. The summed E-state index contributed by atoms with van der Waals surface area (Å²) in [5.41, 5.74) is 3.91. The summed E-state index contributed by atoms with van der Waals surface area (Å²) in [6.07, 6.45) is 0. The molecule has 7 nitrogen and oxygen atoms in total. The second-order valence-electron chi connectivity index (χ2n) is 6.62. The Morgan fingerprint density at radius 3 is 2.89 bits per heavy atom. The van der Waals surface area contributed by atoms with Gasteiger partial charge in [-0.15, -0.1) is 0 Å². The molecule has 27 heavy (non-hydrogen) atoms. The Labute approximate surface area is 157 Å². The molecule has 0 radical (unpaired) electrons. The van der Waals surface area contributed by atoms with E-state index >= 15 is 0 Å². The fourth-order valence-electron chi connectivity index (χ4n) is 3.34. The normalized spacial score (nSPS) is 16.0. The summed E-state index contributed by atoms with van der Waals surface area (Å²) in [6.45, 7) is 3.53. The average Bonchev–Trinajstić information content (AvgIpc) is 3.05. The highest BCUT2D eigenvalue weighted by molar-refractivity contribution is 5.89. The summed E-state index contributed by atoms with van der Waals surface area (Å²) < 4.78 is 13.0. The van der Waals surface area contributed by atoms with Gasteiger partial charge in [-0.2, -0.15) is 0 Å². The van der Waals surface area contributed by atoms with Crippen molar-refractivity contribution in [3.05, 3.63) is 53.9 Å². The van der Waals surface area contributed by atoms with Crippen LogP contribution in [0.3, 0.4) is 0 Å². The van der Waals surface area contributed by atoms with Gasteiger partial charge in [-0.1, -0.05) is 6.07 Å². The number of carbonyl (C=O) groups is 1. The van der Waals surface area contributed by atoms with Gasteiger partial charge >= 0.3 is 6.03 Å². The van der Waals surface area contributed by atoms with Crippen LogP contribution in [0.1, 0.15) is 17.4 Å². The summed E-state index contributed by atoms with van der Waals surface area (Å²) in [7, 11) is 1.61. The Morgan fingerprint density at radius 2 is 2.11 bits per heavy atom. The first-order valence-electron chi connectivity index (χ1n) is 8.88. The molecule has 0 saturated carbocycles. The molecule has 7 heteroatoms. The number of nitrogens with one attached hydrogen (secondary N) is 2. The predicted octanol–water partition coefficient (Wildman–Crippen LogP) is 3.25. The van der Waals surface area contributed by atoms with Gasteiger partial charge < -0.3 is 24.7 Å². The minimum Gasteiger partial charge on any atom is -0.497 e. The van der Waals surface area contributed by atoms with E-state index in [-0.39, 0.29) is 12.1 Å². The number of urea groups is 1. The molecule has 0 unspecified atom stereocenters. The van der Waals surface area contributed by atoms with E-state index in [2.05, 4.69) is 45.3 Å². The lowest BCUT2D eigenvalue weighted by atomic mass is 10.2. The van der Waals surface area contributed by atoms with Crippen molar-refractivity contribution in [2.24, 2.45) is 0 Å². The maximum Gasteiger partial charge on any atom is 0.319 e. The molecule has 0 saturated heterocycles. The maximum absolute atomic E-state index is 12.2. The van der Waals surface area contributed by atoms with Gasteiger partial charge in [-0.05, 0) is 48.9 Å². The molecule has 2 amide bonds. The van der Waals surface area contributed by atoms with E-state index < -0.39 is 0 Å². The quantitative estimate of drug-likeness (QED) is 0.743. The lowest BCUT2D eigenvalue weighted by Gasteiger charge is -2.26. The molecule has 2 heterocycles. The van der Waals surface area contributed by atoms with E-state index in [1.165, 1.54) is 5.56 Å². The Kier molecular flexibility index (Phi) is 4.68. The number of imidazole rings is 1. The standard InChI is InChI=1S/C20H22N4O3/c1-13-3-8-18-17(9-13)23-19-12-27-11-15(24(18)19)10-21-20(25)22-14-4-6-16(26-2)7-5-14/h3-9,15H,10-12H2,1-2H3,(H2,21,22,25)/t15-/m0/s1. The number of anilines is 1. The number of hydrogen-bond donors (Lipinski definition) is 2. The van der Waals surface area contributed by atoms with Crippen LogP contribution in [0.15, 0.2) is 42.5 Å². The molecule has 0 bridgehead atoms. The van der Waals surface area contributed by atoms with Gasteiger partial charge in [0.05, 0.1) is 30.8 Å². The third-order valence-corrected chi connectivity index (χ3v) is 4.67. The van der Waals surface area contributed by atoms with Gasteiger partial charge in [-0.25, -0.2) is 9.78 Å². The monoisotopic (exact) mass is 366 g/mol. The van der Waals surface area contributed by atoms with Crippen LogP contribution >= 0.6 is 0 Å². The summed E-state index contributed by atoms with van der Waals surface area (Å²) in [6, 6.07) is 13.2. The zero-order chi connectivity index (χ0) is 18.8. The first-order chi connectivity index (χ1) is 13.1. The average molecular weight is 366 g/mol. The molecular weight excluding hydrogens is 344 g/mol. The largest absolute Gasteiger partial charge is 0.497 e.